The summed E-state index contributed by atoms with van der Waals surface area (Å²) in [7, 11) is 0. The van der Waals surface area contributed by atoms with Crippen molar-refractivity contribution in [3.63, 3.8) is 0 Å². The molecule has 2 aromatic heterocycles. The van der Waals surface area contributed by atoms with Gasteiger partial charge in [0.05, 0.1) is 11.1 Å². The molecule has 2 aromatic carbocycles. The molecule has 6 nitrogen and oxygen atoms in total. The molecular formula is C21H15BrN4O2S. The van der Waals surface area contributed by atoms with Gasteiger partial charge in [0.15, 0.2) is 0 Å². The lowest BCUT2D eigenvalue weighted by Crippen LogP contribution is -2.41. The van der Waals surface area contributed by atoms with Gasteiger partial charge in [-0.1, -0.05) is 45.9 Å². The Morgan fingerprint density at radius 3 is 2.41 bits per heavy atom. The number of para-hydroxylation sites is 1. The van der Waals surface area contributed by atoms with Gasteiger partial charge in [-0.05, 0) is 42.5 Å². The number of carbonyl (C=O) groups excluding carboxylic acids is 2. The molecule has 144 valence electrons. The average Bonchev–Trinajstić information content (AvgIpc) is 3.18. The maximum absolute atomic E-state index is 12.7. The molecule has 0 atom stereocenters. The first-order valence-corrected chi connectivity index (χ1v) is 10.3. The maximum atomic E-state index is 12.7. The Morgan fingerprint density at radius 2 is 1.62 bits per heavy atom. The van der Waals surface area contributed by atoms with Crippen molar-refractivity contribution in [1.82, 2.24) is 20.8 Å². The highest BCUT2D eigenvalue weighted by Crippen LogP contribution is 2.29. The van der Waals surface area contributed by atoms with E-state index in [2.05, 4.69) is 36.7 Å². The molecule has 0 aliphatic heterocycles. The molecule has 4 rings (SSSR count). The number of aromatic amines is 1. The smallest absolute Gasteiger partial charge is 0.272 e. The van der Waals surface area contributed by atoms with E-state index in [9.17, 15) is 9.59 Å². The number of nitrogens with one attached hydrogen (secondary N) is 3. The first-order chi connectivity index (χ1) is 14.1. The number of rotatable bonds is 4. The van der Waals surface area contributed by atoms with Gasteiger partial charge in [0, 0.05) is 32.7 Å². The predicted octanol–water partition coefficient (Wildman–Crippen LogP) is 4.55. The van der Waals surface area contributed by atoms with Gasteiger partial charge in [-0.2, -0.15) is 0 Å². The zero-order valence-electron chi connectivity index (χ0n) is 15.0. The molecule has 0 aliphatic carbocycles. The summed E-state index contributed by atoms with van der Waals surface area (Å²) in [6.07, 6.45) is 3.24. The van der Waals surface area contributed by atoms with Crippen LogP contribution in [-0.2, 0) is 0 Å². The summed E-state index contributed by atoms with van der Waals surface area (Å²) in [5.41, 5.74) is 6.63. The zero-order chi connectivity index (χ0) is 20.2. The molecule has 0 bridgehead atoms. The molecule has 0 spiro atoms. The Hall–Kier alpha value is -3.10. The fourth-order valence-corrected chi connectivity index (χ4v) is 3.91. The van der Waals surface area contributed by atoms with E-state index in [4.69, 9.17) is 0 Å². The normalized spacial score (nSPS) is 10.7. The molecule has 3 N–H and O–H groups in total. The van der Waals surface area contributed by atoms with Crippen molar-refractivity contribution in [2.24, 2.45) is 0 Å². The predicted molar refractivity (Wildman–Crippen MR) is 116 cm³/mol. The molecule has 0 fully saturated rings. The molecule has 0 saturated heterocycles. The quantitative estimate of drug-likeness (QED) is 0.385. The number of amides is 2. The molecule has 0 radical (unpaired) electrons. The molecule has 2 heterocycles. The van der Waals surface area contributed by atoms with Crippen molar-refractivity contribution in [2.75, 3.05) is 0 Å². The second-order valence-corrected chi connectivity index (χ2v) is 8.05. The zero-order valence-corrected chi connectivity index (χ0v) is 17.4. The van der Waals surface area contributed by atoms with Gasteiger partial charge in [0.2, 0.25) is 0 Å². The van der Waals surface area contributed by atoms with Crippen LogP contribution in [0.25, 0.3) is 10.9 Å². The van der Waals surface area contributed by atoms with Crippen LogP contribution in [0.15, 0.2) is 87.5 Å². The lowest BCUT2D eigenvalue weighted by molar-refractivity contribution is 0.0845. The second kappa shape index (κ2) is 8.50. The fourth-order valence-electron chi connectivity index (χ4n) is 2.77. The summed E-state index contributed by atoms with van der Waals surface area (Å²) in [5, 5.41) is 1.33. The van der Waals surface area contributed by atoms with E-state index in [-0.39, 0.29) is 0 Å². The summed E-state index contributed by atoms with van der Waals surface area (Å²) in [4.78, 5) is 33.4. The number of hydrogen-bond donors (Lipinski definition) is 3. The van der Waals surface area contributed by atoms with E-state index in [0.717, 1.165) is 20.3 Å². The summed E-state index contributed by atoms with van der Waals surface area (Å²) >= 11 is 4.78. The summed E-state index contributed by atoms with van der Waals surface area (Å²) in [6.45, 7) is 0. The summed E-state index contributed by atoms with van der Waals surface area (Å²) in [5.74, 6) is -0.840. The topological polar surface area (TPSA) is 86.9 Å². The molecule has 29 heavy (non-hydrogen) atoms. The molecule has 0 saturated carbocycles. The van der Waals surface area contributed by atoms with Gasteiger partial charge >= 0.3 is 0 Å². The fraction of sp³-hybridized carbons (Fsp3) is 0. The van der Waals surface area contributed by atoms with Crippen molar-refractivity contribution < 1.29 is 9.59 Å². The lowest BCUT2D eigenvalue weighted by Gasteiger charge is -2.10. The number of fused-ring (bicyclic) bond motifs is 1. The molecule has 0 unspecified atom stereocenters. The Kier molecular flexibility index (Phi) is 5.64. The van der Waals surface area contributed by atoms with E-state index in [1.165, 1.54) is 11.8 Å². The number of carbonyl (C=O) groups is 2. The van der Waals surface area contributed by atoms with E-state index in [0.29, 0.717) is 16.2 Å². The number of benzene rings is 2. The number of hydrogen-bond acceptors (Lipinski definition) is 4. The maximum Gasteiger partial charge on any atom is 0.272 e. The summed E-state index contributed by atoms with van der Waals surface area (Å²) < 4.78 is 0.973. The van der Waals surface area contributed by atoms with Crippen LogP contribution < -0.4 is 10.9 Å². The Bertz CT molecular complexity index is 1190. The number of nitrogens with zero attached hydrogens (tertiary/aromatic N) is 1. The van der Waals surface area contributed by atoms with Gasteiger partial charge < -0.3 is 4.98 Å². The first-order valence-electron chi connectivity index (χ1n) is 8.67. The van der Waals surface area contributed by atoms with Crippen molar-refractivity contribution >= 4 is 50.4 Å². The molecule has 4 aromatic rings. The monoisotopic (exact) mass is 466 g/mol. The summed E-state index contributed by atoms with van der Waals surface area (Å²) in [6, 6.07) is 18.5. The molecule has 8 heteroatoms. The van der Waals surface area contributed by atoms with Gasteiger partial charge in [0.25, 0.3) is 11.8 Å². The van der Waals surface area contributed by atoms with Crippen LogP contribution in [0.1, 0.15) is 20.7 Å². The minimum absolute atomic E-state index is 0.375. The Morgan fingerprint density at radius 1 is 0.897 bits per heavy atom. The highest BCUT2D eigenvalue weighted by Gasteiger charge is 2.16. The number of hydrazine groups is 1. The van der Waals surface area contributed by atoms with Crippen LogP contribution >= 0.6 is 27.7 Å². The van der Waals surface area contributed by atoms with E-state index >= 15 is 0 Å². The third kappa shape index (κ3) is 4.33. The van der Waals surface area contributed by atoms with Crippen molar-refractivity contribution in [3.8, 4) is 0 Å². The standard InChI is InChI=1S/C21H15BrN4O2S/c22-13-7-9-14(10-8-13)29-21-16(5-3-11-23-21)19(27)25-26-20(28)17-12-24-18-6-2-1-4-15(17)18/h1-12,24H,(H,25,27)(H,26,28). The highest BCUT2D eigenvalue weighted by molar-refractivity contribution is 9.10. The Balaban J connectivity index is 1.47. The van der Waals surface area contributed by atoms with Crippen molar-refractivity contribution in [1.29, 1.82) is 0 Å². The van der Waals surface area contributed by atoms with Gasteiger partial charge in [-0.25, -0.2) is 4.98 Å². The van der Waals surface area contributed by atoms with Gasteiger partial charge in [-0.3, -0.25) is 20.4 Å². The SMILES string of the molecule is O=C(NNC(=O)c1c[nH]c2ccccc12)c1cccnc1Sc1ccc(Br)cc1. The number of halogens is 1. The lowest BCUT2D eigenvalue weighted by atomic mass is 10.2. The molecular weight excluding hydrogens is 452 g/mol. The van der Waals surface area contributed by atoms with Gasteiger partial charge in [-0.15, -0.1) is 0 Å². The van der Waals surface area contributed by atoms with Crippen LogP contribution in [0, 0.1) is 0 Å². The van der Waals surface area contributed by atoms with Crippen molar-refractivity contribution in [3.05, 3.63) is 88.7 Å². The first kappa shape index (κ1) is 19.2. The highest BCUT2D eigenvalue weighted by atomic mass is 79.9. The minimum atomic E-state index is -0.439. The number of aromatic nitrogens is 2. The second-order valence-electron chi connectivity index (χ2n) is 6.07. The number of H-pyrrole nitrogens is 1. The van der Waals surface area contributed by atoms with E-state index in [1.807, 2.05) is 48.5 Å². The number of pyridine rings is 1. The van der Waals surface area contributed by atoms with Crippen LogP contribution in [0.5, 0.6) is 0 Å². The molecule has 0 aliphatic rings. The molecule has 2 amide bonds. The third-order valence-corrected chi connectivity index (χ3v) is 5.72. The average molecular weight is 467 g/mol. The van der Waals surface area contributed by atoms with E-state index in [1.54, 1.807) is 24.5 Å². The van der Waals surface area contributed by atoms with E-state index < -0.39 is 11.8 Å². The van der Waals surface area contributed by atoms with Gasteiger partial charge in [0.1, 0.15) is 5.03 Å². The van der Waals surface area contributed by atoms with Crippen LogP contribution in [0.3, 0.4) is 0 Å². The minimum Gasteiger partial charge on any atom is -0.360 e. The van der Waals surface area contributed by atoms with Crippen LogP contribution in [-0.4, -0.2) is 21.8 Å². The van der Waals surface area contributed by atoms with Crippen LogP contribution in [0.4, 0.5) is 0 Å². The third-order valence-electron chi connectivity index (χ3n) is 4.17. The Labute approximate surface area is 179 Å². The van der Waals surface area contributed by atoms with Crippen LogP contribution in [0.2, 0.25) is 0 Å². The van der Waals surface area contributed by atoms with Crippen molar-refractivity contribution in [2.45, 2.75) is 9.92 Å². The largest absolute Gasteiger partial charge is 0.360 e.